The number of anilines is 1. The van der Waals surface area contributed by atoms with Crippen molar-refractivity contribution in [2.75, 3.05) is 24.1 Å². The Hall–Kier alpha value is -1.07. The van der Waals surface area contributed by atoms with Gasteiger partial charge in [0.05, 0.1) is 6.26 Å². The van der Waals surface area contributed by atoms with E-state index in [1.807, 2.05) is 12.1 Å². The molecule has 1 aromatic carbocycles. The first-order chi connectivity index (χ1) is 8.81. The molecule has 19 heavy (non-hydrogen) atoms. The molecule has 1 saturated heterocycles. The lowest BCUT2D eigenvalue weighted by atomic mass is 9.68. The van der Waals surface area contributed by atoms with Crippen LogP contribution in [0.2, 0.25) is 0 Å². The largest absolute Gasteiger partial charge is 0.316 e. The molecule has 2 N–H and O–H groups in total. The SMILES string of the molecule is C[C@H]1CNCC[C@]1(C)c1cccc(NS(C)(=O)=O)c1. The fourth-order valence-corrected chi connectivity index (χ4v) is 3.27. The predicted octanol–water partition coefficient (Wildman–Crippen LogP) is 1.95. The van der Waals surface area contributed by atoms with Gasteiger partial charge in [0.25, 0.3) is 0 Å². The van der Waals surface area contributed by atoms with E-state index in [1.165, 1.54) is 11.8 Å². The number of benzene rings is 1. The fourth-order valence-electron chi connectivity index (χ4n) is 2.72. The first kappa shape index (κ1) is 14.3. The molecule has 1 fully saturated rings. The maximum atomic E-state index is 11.3. The van der Waals surface area contributed by atoms with E-state index in [4.69, 9.17) is 0 Å². The molecule has 1 aliphatic rings. The standard InChI is InChI=1S/C14H22N2O2S/c1-11-10-15-8-7-14(11,2)12-5-4-6-13(9-12)16-19(3,17)18/h4-6,9,11,15-16H,7-8,10H2,1-3H3/t11-,14-/m0/s1. The molecule has 106 valence electrons. The second-order valence-corrected chi connectivity index (χ2v) is 7.48. The minimum atomic E-state index is -3.22. The molecule has 0 spiro atoms. The Kier molecular flexibility index (Phi) is 3.87. The molecule has 2 rings (SSSR count). The molecule has 2 atom stereocenters. The van der Waals surface area contributed by atoms with Gasteiger partial charge in [0, 0.05) is 5.69 Å². The molecule has 4 nitrogen and oxygen atoms in total. The summed E-state index contributed by atoms with van der Waals surface area (Å²) in [5.74, 6) is 0.523. The number of nitrogens with one attached hydrogen (secondary N) is 2. The molecule has 0 aliphatic carbocycles. The zero-order valence-corrected chi connectivity index (χ0v) is 12.5. The van der Waals surface area contributed by atoms with E-state index in [0.29, 0.717) is 11.6 Å². The Morgan fingerprint density at radius 3 is 2.79 bits per heavy atom. The normalized spacial score (nSPS) is 28.1. The van der Waals surface area contributed by atoms with Crippen LogP contribution in [0.15, 0.2) is 24.3 Å². The number of sulfonamides is 1. The van der Waals surface area contributed by atoms with Crippen LogP contribution in [0.4, 0.5) is 5.69 Å². The second-order valence-electron chi connectivity index (χ2n) is 5.73. The fraction of sp³-hybridized carbons (Fsp3) is 0.571. The minimum absolute atomic E-state index is 0.0977. The number of hydrogen-bond donors (Lipinski definition) is 2. The molecule has 1 heterocycles. The van der Waals surface area contributed by atoms with E-state index in [-0.39, 0.29) is 5.41 Å². The number of piperidine rings is 1. The average Bonchev–Trinajstić information content (AvgIpc) is 2.31. The highest BCUT2D eigenvalue weighted by atomic mass is 32.2. The smallest absolute Gasteiger partial charge is 0.229 e. The molecule has 1 aromatic rings. The summed E-state index contributed by atoms with van der Waals surface area (Å²) in [4.78, 5) is 0. The Morgan fingerprint density at radius 1 is 1.42 bits per heavy atom. The predicted molar refractivity (Wildman–Crippen MR) is 78.9 cm³/mol. The highest BCUT2D eigenvalue weighted by Crippen LogP contribution is 2.38. The molecule has 0 saturated carbocycles. The van der Waals surface area contributed by atoms with Gasteiger partial charge in [-0.3, -0.25) is 4.72 Å². The van der Waals surface area contributed by atoms with Gasteiger partial charge in [-0.25, -0.2) is 8.42 Å². The van der Waals surface area contributed by atoms with Gasteiger partial charge in [-0.2, -0.15) is 0 Å². The lowest BCUT2D eigenvalue weighted by Crippen LogP contribution is -2.44. The van der Waals surface area contributed by atoms with E-state index >= 15 is 0 Å². The molecule has 0 radical (unpaired) electrons. The van der Waals surface area contributed by atoms with E-state index in [1.54, 1.807) is 6.07 Å². The van der Waals surface area contributed by atoms with E-state index in [0.717, 1.165) is 19.5 Å². The lowest BCUT2D eigenvalue weighted by molar-refractivity contribution is 0.238. The lowest BCUT2D eigenvalue weighted by Gasteiger charge is -2.40. The van der Waals surface area contributed by atoms with Crippen molar-refractivity contribution in [3.05, 3.63) is 29.8 Å². The Labute approximate surface area is 115 Å². The van der Waals surface area contributed by atoms with Crippen LogP contribution in [-0.4, -0.2) is 27.8 Å². The highest BCUT2D eigenvalue weighted by molar-refractivity contribution is 7.92. The van der Waals surface area contributed by atoms with Gasteiger partial charge in [-0.15, -0.1) is 0 Å². The van der Waals surface area contributed by atoms with Gasteiger partial charge < -0.3 is 5.32 Å². The number of rotatable bonds is 3. The summed E-state index contributed by atoms with van der Waals surface area (Å²) in [5, 5.41) is 3.40. The van der Waals surface area contributed by atoms with Gasteiger partial charge in [-0.1, -0.05) is 26.0 Å². The molecule has 1 aliphatic heterocycles. The second kappa shape index (κ2) is 5.13. The first-order valence-electron chi connectivity index (χ1n) is 6.60. The van der Waals surface area contributed by atoms with Crippen LogP contribution < -0.4 is 10.0 Å². The molecule has 0 aromatic heterocycles. The molecule has 0 unspecified atom stereocenters. The van der Waals surface area contributed by atoms with Crippen molar-refractivity contribution in [1.29, 1.82) is 0 Å². The third-order valence-electron chi connectivity index (χ3n) is 4.18. The summed E-state index contributed by atoms with van der Waals surface area (Å²) < 4.78 is 25.2. The summed E-state index contributed by atoms with van der Waals surface area (Å²) in [7, 11) is -3.22. The van der Waals surface area contributed by atoms with Crippen LogP contribution in [-0.2, 0) is 15.4 Å². The van der Waals surface area contributed by atoms with Gasteiger partial charge in [0.15, 0.2) is 0 Å². The van der Waals surface area contributed by atoms with Crippen molar-refractivity contribution in [2.24, 2.45) is 5.92 Å². The maximum absolute atomic E-state index is 11.3. The highest BCUT2D eigenvalue weighted by Gasteiger charge is 2.35. The van der Waals surface area contributed by atoms with Gasteiger partial charge in [-0.05, 0) is 48.5 Å². The summed E-state index contributed by atoms with van der Waals surface area (Å²) in [5.41, 5.74) is 1.95. The Balaban J connectivity index is 2.32. The summed E-state index contributed by atoms with van der Waals surface area (Å²) in [6, 6.07) is 7.76. The van der Waals surface area contributed by atoms with Crippen LogP contribution >= 0.6 is 0 Å². The minimum Gasteiger partial charge on any atom is -0.316 e. The molecule has 0 amide bonds. The van der Waals surface area contributed by atoms with Crippen LogP contribution in [0.1, 0.15) is 25.8 Å². The molecular formula is C14H22N2O2S. The third-order valence-corrected chi connectivity index (χ3v) is 4.79. The Morgan fingerprint density at radius 2 is 2.16 bits per heavy atom. The van der Waals surface area contributed by atoms with Gasteiger partial charge in [0.2, 0.25) is 10.0 Å². The van der Waals surface area contributed by atoms with E-state index < -0.39 is 10.0 Å². The van der Waals surface area contributed by atoms with E-state index in [2.05, 4.69) is 30.0 Å². The maximum Gasteiger partial charge on any atom is 0.229 e. The quantitative estimate of drug-likeness (QED) is 0.891. The zero-order chi connectivity index (χ0) is 14.1. The van der Waals surface area contributed by atoms with Crippen molar-refractivity contribution < 1.29 is 8.42 Å². The summed E-state index contributed by atoms with van der Waals surface area (Å²) >= 11 is 0. The third kappa shape index (κ3) is 3.28. The number of hydrogen-bond acceptors (Lipinski definition) is 3. The van der Waals surface area contributed by atoms with Crippen molar-refractivity contribution in [3.8, 4) is 0 Å². The van der Waals surface area contributed by atoms with Crippen molar-refractivity contribution in [3.63, 3.8) is 0 Å². The van der Waals surface area contributed by atoms with E-state index in [9.17, 15) is 8.42 Å². The zero-order valence-electron chi connectivity index (χ0n) is 11.7. The van der Waals surface area contributed by atoms with Gasteiger partial charge >= 0.3 is 0 Å². The van der Waals surface area contributed by atoms with Crippen LogP contribution in [0.3, 0.4) is 0 Å². The topological polar surface area (TPSA) is 58.2 Å². The van der Waals surface area contributed by atoms with Gasteiger partial charge in [0.1, 0.15) is 0 Å². The van der Waals surface area contributed by atoms with Crippen molar-refractivity contribution >= 4 is 15.7 Å². The summed E-state index contributed by atoms with van der Waals surface area (Å²) in [6.07, 6.45) is 2.24. The summed E-state index contributed by atoms with van der Waals surface area (Å²) in [6.45, 7) is 6.51. The van der Waals surface area contributed by atoms with Crippen LogP contribution in [0.5, 0.6) is 0 Å². The first-order valence-corrected chi connectivity index (χ1v) is 8.49. The molecule has 5 heteroatoms. The van der Waals surface area contributed by atoms with Crippen molar-refractivity contribution in [1.82, 2.24) is 5.32 Å². The Bertz CT molecular complexity index is 556. The van der Waals surface area contributed by atoms with Crippen LogP contribution in [0.25, 0.3) is 0 Å². The average molecular weight is 282 g/mol. The van der Waals surface area contributed by atoms with Crippen molar-refractivity contribution in [2.45, 2.75) is 25.7 Å². The molecule has 0 bridgehead atoms. The molecular weight excluding hydrogens is 260 g/mol. The monoisotopic (exact) mass is 282 g/mol. The van der Waals surface area contributed by atoms with Crippen LogP contribution in [0, 0.1) is 5.92 Å².